The standard InChI is InChI=1S/C11H17ClN4O2/c1-3-15(4-2)6-5-13-11-10(16(17)18)7-9(12)8-14-11/h7-8H,3-6H2,1-2H3,(H,13,14). The van der Waals surface area contributed by atoms with Gasteiger partial charge < -0.3 is 10.2 Å². The minimum Gasteiger partial charge on any atom is -0.363 e. The molecule has 1 rings (SSSR count). The zero-order valence-corrected chi connectivity index (χ0v) is 11.3. The van der Waals surface area contributed by atoms with Crippen molar-refractivity contribution in [1.82, 2.24) is 9.88 Å². The first-order chi connectivity index (χ1) is 8.58. The van der Waals surface area contributed by atoms with E-state index in [-0.39, 0.29) is 16.5 Å². The molecule has 0 amide bonds. The maximum Gasteiger partial charge on any atom is 0.312 e. The highest BCUT2D eigenvalue weighted by Crippen LogP contribution is 2.24. The second-order valence-electron chi connectivity index (χ2n) is 3.73. The van der Waals surface area contributed by atoms with Crippen LogP contribution >= 0.6 is 11.6 Å². The average molecular weight is 273 g/mol. The van der Waals surface area contributed by atoms with E-state index < -0.39 is 4.92 Å². The normalized spacial score (nSPS) is 10.7. The van der Waals surface area contributed by atoms with Gasteiger partial charge in [-0.2, -0.15) is 0 Å². The van der Waals surface area contributed by atoms with E-state index in [4.69, 9.17) is 11.6 Å². The first kappa shape index (κ1) is 14.7. The molecule has 0 atom stereocenters. The zero-order valence-electron chi connectivity index (χ0n) is 10.5. The molecule has 18 heavy (non-hydrogen) atoms. The molecule has 0 aliphatic carbocycles. The van der Waals surface area contributed by atoms with Crippen LogP contribution in [0, 0.1) is 10.1 Å². The van der Waals surface area contributed by atoms with E-state index in [1.165, 1.54) is 12.3 Å². The molecule has 0 unspecified atom stereocenters. The molecule has 0 saturated carbocycles. The summed E-state index contributed by atoms with van der Waals surface area (Å²) in [5.74, 6) is 0.261. The van der Waals surface area contributed by atoms with Crippen molar-refractivity contribution in [1.29, 1.82) is 0 Å². The van der Waals surface area contributed by atoms with Gasteiger partial charge in [0.25, 0.3) is 0 Å². The van der Waals surface area contributed by atoms with Crippen molar-refractivity contribution in [3.63, 3.8) is 0 Å². The molecular weight excluding hydrogens is 256 g/mol. The van der Waals surface area contributed by atoms with Crippen LogP contribution in [-0.4, -0.2) is 41.0 Å². The van der Waals surface area contributed by atoms with E-state index in [1.807, 2.05) is 0 Å². The fraction of sp³-hybridized carbons (Fsp3) is 0.545. The molecule has 0 spiro atoms. The maximum atomic E-state index is 10.8. The molecular formula is C11H17ClN4O2. The van der Waals surface area contributed by atoms with Gasteiger partial charge in [0.2, 0.25) is 5.82 Å². The summed E-state index contributed by atoms with van der Waals surface area (Å²) in [6.45, 7) is 7.48. The first-order valence-electron chi connectivity index (χ1n) is 5.84. The van der Waals surface area contributed by atoms with Crippen molar-refractivity contribution < 1.29 is 4.92 Å². The number of rotatable bonds is 7. The Morgan fingerprint density at radius 2 is 2.17 bits per heavy atom. The summed E-state index contributed by atoms with van der Waals surface area (Å²) in [6.07, 6.45) is 1.40. The summed E-state index contributed by atoms with van der Waals surface area (Å²) in [5.41, 5.74) is -0.0953. The molecule has 6 nitrogen and oxygen atoms in total. The van der Waals surface area contributed by atoms with Crippen LogP contribution in [0.1, 0.15) is 13.8 Å². The quantitative estimate of drug-likeness (QED) is 0.610. The lowest BCUT2D eigenvalue weighted by molar-refractivity contribution is -0.384. The van der Waals surface area contributed by atoms with Crippen LogP contribution < -0.4 is 5.32 Å². The van der Waals surface area contributed by atoms with Gasteiger partial charge in [-0.3, -0.25) is 10.1 Å². The number of nitrogens with one attached hydrogen (secondary N) is 1. The topological polar surface area (TPSA) is 71.3 Å². The van der Waals surface area contributed by atoms with E-state index in [0.717, 1.165) is 19.6 Å². The number of aromatic nitrogens is 1. The van der Waals surface area contributed by atoms with Gasteiger partial charge >= 0.3 is 5.69 Å². The van der Waals surface area contributed by atoms with Crippen LogP contribution in [0.25, 0.3) is 0 Å². The second-order valence-corrected chi connectivity index (χ2v) is 4.17. The number of anilines is 1. The lowest BCUT2D eigenvalue weighted by Crippen LogP contribution is -2.28. The van der Waals surface area contributed by atoms with Crippen molar-refractivity contribution in [3.8, 4) is 0 Å². The number of hydrogen-bond donors (Lipinski definition) is 1. The summed E-state index contributed by atoms with van der Waals surface area (Å²) in [6, 6.07) is 1.30. The molecule has 0 bridgehead atoms. The Morgan fingerprint density at radius 3 is 2.72 bits per heavy atom. The fourth-order valence-corrected chi connectivity index (χ4v) is 1.73. The van der Waals surface area contributed by atoms with Gasteiger partial charge in [-0.1, -0.05) is 25.4 Å². The molecule has 1 heterocycles. The lowest BCUT2D eigenvalue weighted by Gasteiger charge is -2.18. The molecule has 0 saturated heterocycles. The molecule has 1 aromatic rings. The second kappa shape index (κ2) is 7.13. The van der Waals surface area contributed by atoms with Gasteiger partial charge in [0.15, 0.2) is 0 Å². The van der Waals surface area contributed by atoms with Gasteiger partial charge in [-0.15, -0.1) is 0 Å². The average Bonchev–Trinajstić information content (AvgIpc) is 2.36. The van der Waals surface area contributed by atoms with E-state index in [0.29, 0.717) is 6.54 Å². The van der Waals surface area contributed by atoms with Crippen LogP contribution in [0.2, 0.25) is 5.02 Å². The van der Waals surface area contributed by atoms with Crippen LogP contribution in [0.5, 0.6) is 0 Å². The zero-order chi connectivity index (χ0) is 13.5. The number of nitro groups is 1. The number of hydrogen-bond acceptors (Lipinski definition) is 5. The van der Waals surface area contributed by atoms with Crippen molar-refractivity contribution in [2.24, 2.45) is 0 Å². The largest absolute Gasteiger partial charge is 0.363 e. The molecule has 0 aliphatic rings. The van der Waals surface area contributed by atoms with Crippen molar-refractivity contribution in [2.75, 3.05) is 31.5 Å². The molecule has 0 radical (unpaired) electrons. The number of likely N-dealkylation sites (N-methyl/N-ethyl adjacent to an activating group) is 1. The van der Waals surface area contributed by atoms with Crippen LogP contribution in [0.15, 0.2) is 12.3 Å². The third kappa shape index (κ3) is 4.12. The van der Waals surface area contributed by atoms with E-state index in [1.54, 1.807) is 0 Å². The maximum absolute atomic E-state index is 10.8. The lowest BCUT2D eigenvalue weighted by atomic mass is 10.4. The smallest absolute Gasteiger partial charge is 0.312 e. The molecule has 0 aliphatic heterocycles. The van der Waals surface area contributed by atoms with Crippen LogP contribution in [0.3, 0.4) is 0 Å². The number of nitrogens with zero attached hydrogens (tertiary/aromatic N) is 3. The van der Waals surface area contributed by atoms with E-state index in [9.17, 15) is 10.1 Å². The summed E-state index contributed by atoms with van der Waals surface area (Å²) < 4.78 is 0. The van der Waals surface area contributed by atoms with E-state index in [2.05, 4.69) is 29.0 Å². The Morgan fingerprint density at radius 1 is 1.50 bits per heavy atom. The van der Waals surface area contributed by atoms with Gasteiger partial charge in [0, 0.05) is 25.4 Å². The Kier molecular flexibility index (Phi) is 5.80. The summed E-state index contributed by atoms with van der Waals surface area (Å²) >= 11 is 5.69. The summed E-state index contributed by atoms with van der Waals surface area (Å²) in [7, 11) is 0. The van der Waals surface area contributed by atoms with Gasteiger partial charge in [0.05, 0.1) is 9.95 Å². The molecule has 100 valence electrons. The number of pyridine rings is 1. The highest BCUT2D eigenvalue weighted by molar-refractivity contribution is 6.30. The third-order valence-corrected chi connectivity index (χ3v) is 2.85. The summed E-state index contributed by atoms with van der Waals surface area (Å²) in [5, 5.41) is 14.1. The Balaban J connectivity index is 2.64. The summed E-state index contributed by atoms with van der Waals surface area (Å²) in [4.78, 5) is 16.5. The van der Waals surface area contributed by atoms with Crippen molar-refractivity contribution >= 4 is 23.1 Å². The SMILES string of the molecule is CCN(CC)CCNc1ncc(Cl)cc1[N+](=O)[O-]. The minimum atomic E-state index is -0.487. The first-order valence-corrected chi connectivity index (χ1v) is 6.22. The van der Waals surface area contributed by atoms with Gasteiger partial charge in [-0.05, 0) is 13.1 Å². The van der Waals surface area contributed by atoms with Crippen LogP contribution in [0.4, 0.5) is 11.5 Å². The molecule has 1 N–H and O–H groups in total. The molecule has 0 aromatic carbocycles. The highest BCUT2D eigenvalue weighted by atomic mass is 35.5. The predicted octanol–water partition coefficient (Wildman–Crippen LogP) is 2.40. The van der Waals surface area contributed by atoms with Crippen molar-refractivity contribution in [3.05, 3.63) is 27.4 Å². The highest BCUT2D eigenvalue weighted by Gasteiger charge is 2.15. The minimum absolute atomic E-state index is 0.0953. The molecule has 1 aromatic heterocycles. The Hall–Kier alpha value is -1.40. The van der Waals surface area contributed by atoms with Crippen molar-refractivity contribution in [2.45, 2.75) is 13.8 Å². The van der Waals surface area contributed by atoms with Gasteiger partial charge in [0.1, 0.15) is 0 Å². The Labute approximate surface area is 111 Å². The number of halogens is 1. The third-order valence-electron chi connectivity index (χ3n) is 2.65. The predicted molar refractivity (Wildman–Crippen MR) is 72.2 cm³/mol. The van der Waals surface area contributed by atoms with Crippen LogP contribution in [-0.2, 0) is 0 Å². The van der Waals surface area contributed by atoms with E-state index >= 15 is 0 Å². The monoisotopic (exact) mass is 272 g/mol. The molecule has 0 fully saturated rings. The fourth-order valence-electron chi connectivity index (χ4n) is 1.58. The Bertz CT molecular complexity index is 410. The van der Waals surface area contributed by atoms with Gasteiger partial charge in [-0.25, -0.2) is 4.98 Å². The molecule has 7 heteroatoms.